The van der Waals surface area contributed by atoms with E-state index in [1.165, 1.54) is 0 Å². The lowest BCUT2D eigenvalue weighted by Crippen LogP contribution is -2.50. The predicted octanol–water partition coefficient (Wildman–Crippen LogP) is -0.331. The number of fused-ring (bicyclic) bond motifs is 2. The van der Waals surface area contributed by atoms with E-state index in [2.05, 4.69) is 0 Å². The highest BCUT2D eigenvalue weighted by atomic mass is 19.1. The van der Waals surface area contributed by atoms with Crippen molar-refractivity contribution < 1.29 is 9.50 Å². The van der Waals surface area contributed by atoms with E-state index in [4.69, 9.17) is 5.26 Å². The number of rotatable bonds is 0. The summed E-state index contributed by atoms with van der Waals surface area (Å²) in [6.45, 7) is 1.05. The zero-order chi connectivity index (χ0) is 8.11. The second-order valence-corrected chi connectivity index (χ2v) is 3.40. The van der Waals surface area contributed by atoms with Crippen LogP contribution in [0.2, 0.25) is 0 Å². The van der Waals surface area contributed by atoms with E-state index in [1.807, 2.05) is 0 Å². The van der Waals surface area contributed by atoms with Crippen LogP contribution < -0.4 is 0 Å². The highest BCUT2D eigenvalue weighted by Gasteiger charge is 2.62. The Morgan fingerprint density at radius 2 is 2.27 bits per heavy atom. The Labute approximate surface area is 64.0 Å². The molecule has 0 aromatic rings. The lowest BCUT2D eigenvalue weighted by molar-refractivity contribution is -0.0343. The molecule has 4 heteroatoms. The van der Waals surface area contributed by atoms with Gasteiger partial charge in [0.2, 0.25) is 0 Å². The van der Waals surface area contributed by atoms with Crippen LogP contribution in [-0.2, 0) is 0 Å². The average molecular weight is 156 g/mol. The summed E-state index contributed by atoms with van der Waals surface area (Å²) < 4.78 is 13.6. The van der Waals surface area contributed by atoms with Crippen LogP contribution in [0.3, 0.4) is 0 Å². The first-order chi connectivity index (χ1) is 5.10. The number of nitrogens with zero attached hydrogens (tertiary/aromatic N) is 2. The van der Waals surface area contributed by atoms with Gasteiger partial charge in [-0.1, -0.05) is 0 Å². The monoisotopic (exact) mass is 156 g/mol. The van der Waals surface area contributed by atoms with Gasteiger partial charge in [-0.15, -0.1) is 0 Å². The summed E-state index contributed by atoms with van der Waals surface area (Å²) in [4.78, 5) is 1.78. The molecule has 0 amide bonds. The molecule has 0 aliphatic carbocycles. The third-order valence-electron chi connectivity index (χ3n) is 2.68. The zero-order valence-electron chi connectivity index (χ0n) is 6.05. The molecule has 2 saturated heterocycles. The lowest BCUT2D eigenvalue weighted by Gasteiger charge is -2.29. The molecule has 2 bridgehead atoms. The molecule has 0 spiro atoms. The minimum Gasteiger partial charge on any atom is -0.371 e. The molecular weight excluding hydrogens is 147 g/mol. The van der Waals surface area contributed by atoms with Crippen molar-refractivity contribution in [1.82, 2.24) is 4.90 Å². The van der Waals surface area contributed by atoms with Gasteiger partial charge in [0.15, 0.2) is 11.3 Å². The summed E-state index contributed by atoms with van der Waals surface area (Å²) in [5, 5.41) is 18.0. The Morgan fingerprint density at radius 3 is 2.55 bits per heavy atom. The SMILES string of the molecule is N#CC1(O)CN2CCC1(F)C2. The molecule has 0 radical (unpaired) electrons. The Hall–Kier alpha value is -0.660. The van der Waals surface area contributed by atoms with Crippen molar-refractivity contribution in [3.63, 3.8) is 0 Å². The second-order valence-electron chi connectivity index (χ2n) is 3.40. The van der Waals surface area contributed by atoms with Crippen LogP contribution in [0.1, 0.15) is 6.42 Å². The van der Waals surface area contributed by atoms with Crippen molar-refractivity contribution in [3.05, 3.63) is 0 Å². The Morgan fingerprint density at radius 1 is 1.55 bits per heavy atom. The first kappa shape index (κ1) is 7.01. The van der Waals surface area contributed by atoms with Crippen LogP contribution in [-0.4, -0.2) is 40.9 Å². The van der Waals surface area contributed by atoms with E-state index in [1.54, 1.807) is 11.0 Å². The predicted molar refractivity (Wildman–Crippen MR) is 35.5 cm³/mol. The third kappa shape index (κ3) is 0.673. The van der Waals surface area contributed by atoms with Gasteiger partial charge in [0.1, 0.15) is 6.07 Å². The number of alkyl halides is 1. The normalized spacial score (nSPS) is 54.5. The second kappa shape index (κ2) is 1.74. The molecule has 2 rings (SSSR count). The van der Waals surface area contributed by atoms with Crippen molar-refractivity contribution in [2.75, 3.05) is 19.6 Å². The number of aliphatic hydroxyl groups is 1. The highest BCUT2D eigenvalue weighted by Crippen LogP contribution is 2.42. The van der Waals surface area contributed by atoms with Crippen molar-refractivity contribution in [2.45, 2.75) is 17.7 Å². The van der Waals surface area contributed by atoms with Crippen molar-refractivity contribution in [1.29, 1.82) is 5.26 Å². The molecule has 3 nitrogen and oxygen atoms in total. The fourth-order valence-electron chi connectivity index (χ4n) is 1.92. The topological polar surface area (TPSA) is 47.3 Å². The molecule has 2 aliphatic rings. The van der Waals surface area contributed by atoms with Crippen molar-refractivity contribution in [3.8, 4) is 6.07 Å². The van der Waals surface area contributed by atoms with Gasteiger partial charge in [-0.2, -0.15) is 5.26 Å². The largest absolute Gasteiger partial charge is 0.371 e. The number of piperidine rings is 1. The summed E-state index contributed by atoms with van der Waals surface area (Å²) >= 11 is 0. The number of nitriles is 1. The van der Waals surface area contributed by atoms with E-state index >= 15 is 0 Å². The molecule has 3 atom stereocenters. The Balaban J connectivity index is 2.36. The van der Waals surface area contributed by atoms with E-state index in [9.17, 15) is 9.50 Å². The molecule has 60 valence electrons. The van der Waals surface area contributed by atoms with Crippen LogP contribution in [0, 0.1) is 11.3 Å². The van der Waals surface area contributed by atoms with E-state index in [0.717, 1.165) is 0 Å². The van der Waals surface area contributed by atoms with Crippen molar-refractivity contribution in [2.24, 2.45) is 0 Å². The maximum atomic E-state index is 13.6. The average Bonchev–Trinajstić information content (AvgIpc) is 2.42. The number of halogens is 1. The van der Waals surface area contributed by atoms with Gasteiger partial charge in [0.05, 0.1) is 0 Å². The standard InChI is InChI=1S/C7H9FN2O/c8-6-1-2-10(4-6)5-7(6,11)3-9/h11H,1-2,4-5H2. The first-order valence-electron chi connectivity index (χ1n) is 3.65. The number of hydrogen-bond acceptors (Lipinski definition) is 3. The summed E-state index contributed by atoms with van der Waals surface area (Å²) in [5.74, 6) is 0. The van der Waals surface area contributed by atoms with Gasteiger partial charge >= 0.3 is 0 Å². The Kier molecular flexibility index (Phi) is 1.11. The third-order valence-corrected chi connectivity index (χ3v) is 2.68. The summed E-state index contributed by atoms with van der Waals surface area (Å²) in [6, 6.07) is 1.65. The quantitative estimate of drug-likeness (QED) is 0.488. The van der Waals surface area contributed by atoms with Gasteiger partial charge in [-0.3, -0.25) is 4.90 Å². The minimum atomic E-state index is -1.74. The molecule has 2 fully saturated rings. The maximum absolute atomic E-state index is 13.6. The highest BCUT2D eigenvalue weighted by molar-refractivity contribution is 5.23. The number of hydrogen-bond donors (Lipinski definition) is 1. The van der Waals surface area contributed by atoms with Gasteiger partial charge in [-0.05, 0) is 6.42 Å². The molecule has 2 heterocycles. The van der Waals surface area contributed by atoms with E-state index < -0.39 is 11.3 Å². The van der Waals surface area contributed by atoms with E-state index in [-0.39, 0.29) is 19.5 Å². The van der Waals surface area contributed by atoms with E-state index in [0.29, 0.717) is 6.54 Å². The fourth-order valence-corrected chi connectivity index (χ4v) is 1.92. The summed E-state index contributed by atoms with van der Waals surface area (Å²) in [5.41, 5.74) is -3.41. The van der Waals surface area contributed by atoms with Gasteiger partial charge < -0.3 is 5.11 Å². The molecule has 2 aliphatic heterocycles. The molecule has 0 saturated carbocycles. The van der Waals surface area contributed by atoms with Crippen molar-refractivity contribution >= 4 is 0 Å². The van der Waals surface area contributed by atoms with Crippen LogP contribution >= 0.6 is 0 Å². The molecule has 0 aromatic heterocycles. The molecule has 0 aromatic carbocycles. The molecule has 3 unspecified atom stereocenters. The lowest BCUT2D eigenvalue weighted by atomic mass is 9.86. The fraction of sp³-hybridized carbons (Fsp3) is 0.857. The summed E-state index contributed by atoms with van der Waals surface area (Å²) in [7, 11) is 0. The van der Waals surface area contributed by atoms with Crippen LogP contribution in [0.4, 0.5) is 4.39 Å². The first-order valence-corrected chi connectivity index (χ1v) is 3.65. The van der Waals surface area contributed by atoms with Crippen LogP contribution in [0.25, 0.3) is 0 Å². The molecular formula is C7H9FN2O. The molecule has 11 heavy (non-hydrogen) atoms. The molecule has 1 N–H and O–H groups in total. The van der Waals surface area contributed by atoms with Crippen LogP contribution in [0.5, 0.6) is 0 Å². The zero-order valence-corrected chi connectivity index (χ0v) is 6.05. The summed E-state index contributed by atoms with van der Waals surface area (Å²) in [6.07, 6.45) is 0.289. The van der Waals surface area contributed by atoms with Gasteiger partial charge in [0.25, 0.3) is 0 Å². The van der Waals surface area contributed by atoms with Gasteiger partial charge in [0, 0.05) is 19.6 Å². The Bertz CT molecular complexity index is 239. The maximum Gasteiger partial charge on any atom is 0.199 e. The minimum absolute atomic E-state index is 0.167. The smallest absolute Gasteiger partial charge is 0.199 e. The van der Waals surface area contributed by atoms with Gasteiger partial charge in [-0.25, -0.2) is 4.39 Å². The van der Waals surface area contributed by atoms with Crippen LogP contribution in [0.15, 0.2) is 0 Å².